The fourth-order valence-corrected chi connectivity index (χ4v) is 7.02. The van der Waals surface area contributed by atoms with Crippen molar-refractivity contribution >= 4 is 41.0 Å². The highest BCUT2D eigenvalue weighted by atomic mass is 32.1. The number of hydrogen-bond donors (Lipinski definition) is 4. The van der Waals surface area contributed by atoms with Gasteiger partial charge in [-0.15, -0.1) is 11.3 Å². The van der Waals surface area contributed by atoms with Gasteiger partial charge in [-0.05, 0) is 56.7 Å². The first-order valence-corrected chi connectivity index (χ1v) is 18.6. The number of amides is 3. The number of thiazole rings is 1. The summed E-state index contributed by atoms with van der Waals surface area (Å²) in [5.41, 5.74) is 1.09. The van der Waals surface area contributed by atoms with Crippen molar-refractivity contribution in [1.29, 1.82) is 0 Å². The van der Waals surface area contributed by atoms with Crippen molar-refractivity contribution in [2.45, 2.75) is 117 Å². The van der Waals surface area contributed by atoms with Gasteiger partial charge in [0, 0.05) is 30.8 Å². The summed E-state index contributed by atoms with van der Waals surface area (Å²) in [6.07, 6.45) is 3.49. The molecule has 0 bridgehead atoms. The zero-order chi connectivity index (χ0) is 37.0. The van der Waals surface area contributed by atoms with Crippen LogP contribution in [-0.4, -0.2) is 82.4 Å². The van der Waals surface area contributed by atoms with E-state index in [1.54, 1.807) is 12.3 Å². The molecule has 1 aliphatic heterocycles. The molecule has 13 heteroatoms. The number of esters is 1. The quantitative estimate of drug-likeness (QED) is 0.160. The topological polar surface area (TPSA) is 167 Å². The van der Waals surface area contributed by atoms with Crippen molar-refractivity contribution in [2.24, 2.45) is 17.8 Å². The van der Waals surface area contributed by atoms with Gasteiger partial charge in [0.1, 0.15) is 16.7 Å². The number of ether oxygens (including phenoxy) is 1. The lowest BCUT2D eigenvalue weighted by atomic mass is 9.94. The Bertz CT molecular complexity index is 1430. The summed E-state index contributed by atoms with van der Waals surface area (Å²) < 4.78 is 5.70. The lowest BCUT2D eigenvalue weighted by Gasteiger charge is -2.34. The summed E-state index contributed by atoms with van der Waals surface area (Å²) >= 11 is 1.17. The monoisotopic (exact) mass is 713 g/mol. The van der Waals surface area contributed by atoms with Crippen molar-refractivity contribution in [3.63, 3.8) is 0 Å². The van der Waals surface area contributed by atoms with E-state index >= 15 is 0 Å². The summed E-state index contributed by atoms with van der Waals surface area (Å²) in [6.45, 7) is 11.6. The fraction of sp³-hybridized carbons (Fsp3) is 0.622. The van der Waals surface area contributed by atoms with Gasteiger partial charge in [-0.25, -0.2) is 4.98 Å². The highest BCUT2D eigenvalue weighted by molar-refractivity contribution is 7.09. The third-order valence-electron chi connectivity index (χ3n) is 9.52. The molecule has 1 aromatic heterocycles. The molecule has 0 radical (unpaired) electrons. The maximum Gasteiger partial charge on any atom is 0.306 e. The van der Waals surface area contributed by atoms with Crippen LogP contribution in [0.3, 0.4) is 0 Å². The number of nitrogens with one attached hydrogen (secondary N) is 3. The normalized spacial score (nSPS) is 18.6. The van der Waals surface area contributed by atoms with Crippen molar-refractivity contribution in [3.8, 4) is 0 Å². The number of likely N-dealkylation sites (N-methyl/N-ethyl adjacent to an activating group) is 1. The minimum absolute atomic E-state index is 0.0625. The van der Waals surface area contributed by atoms with Crippen LogP contribution in [0.5, 0.6) is 0 Å². The number of aromatic nitrogens is 1. The molecule has 0 spiro atoms. The molecule has 276 valence electrons. The fourth-order valence-electron chi connectivity index (χ4n) is 6.18. The van der Waals surface area contributed by atoms with Crippen LogP contribution in [0.4, 0.5) is 0 Å². The first-order valence-electron chi connectivity index (χ1n) is 17.7. The van der Waals surface area contributed by atoms with E-state index in [1.165, 1.54) is 18.3 Å². The van der Waals surface area contributed by atoms with E-state index in [0.29, 0.717) is 17.8 Å². The van der Waals surface area contributed by atoms with Crippen LogP contribution in [0.15, 0.2) is 35.7 Å². The van der Waals surface area contributed by atoms with Gasteiger partial charge in [-0.3, -0.25) is 28.9 Å². The SMILES string of the molecule is CC[C@H](C)[C@H](NC(=O)C1CCCCN1C)C(=O)N[C@H](C[C@@H](OC(C)=O)c1nc(C(=O)N[C@@H](Cc2ccccc2)C[C@H](C)C(=O)O)cs1)C(C)C. The van der Waals surface area contributed by atoms with Gasteiger partial charge in [0.05, 0.1) is 12.0 Å². The van der Waals surface area contributed by atoms with Crippen LogP contribution in [0.25, 0.3) is 0 Å². The molecule has 12 nitrogen and oxygen atoms in total. The number of carboxylic acids is 1. The summed E-state index contributed by atoms with van der Waals surface area (Å²) in [7, 11) is 1.93. The average Bonchev–Trinajstić information content (AvgIpc) is 3.57. The Labute approximate surface area is 300 Å². The molecular formula is C37H55N5O7S. The Morgan fingerprint density at radius 1 is 1.02 bits per heavy atom. The lowest BCUT2D eigenvalue weighted by molar-refractivity contribution is -0.147. The molecule has 1 unspecified atom stereocenters. The van der Waals surface area contributed by atoms with Crippen LogP contribution in [0.2, 0.25) is 0 Å². The first-order chi connectivity index (χ1) is 23.7. The number of hydrogen-bond acceptors (Lipinski definition) is 9. The van der Waals surface area contributed by atoms with Crippen molar-refractivity contribution in [2.75, 3.05) is 13.6 Å². The third-order valence-corrected chi connectivity index (χ3v) is 10.5. The number of carbonyl (C=O) groups is 5. The summed E-state index contributed by atoms with van der Waals surface area (Å²) in [4.78, 5) is 70.9. The number of piperidine rings is 1. The van der Waals surface area contributed by atoms with Crippen LogP contribution in [0.1, 0.15) is 107 Å². The number of benzene rings is 1. The second-order valence-corrected chi connectivity index (χ2v) is 14.9. The first kappa shape index (κ1) is 40.6. The zero-order valence-corrected chi connectivity index (χ0v) is 31.3. The minimum Gasteiger partial charge on any atom is -0.481 e. The summed E-state index contributed by atoms with van der Waals surface area (Å²) in [5.74, 6) is -3.24. The smallest absolute Gasteiger partial charge is 0.306 e. The highest BCUT2D eigenvalue weighted by Gasteiger charge is 2.34. The molecule has 1 aliphatic rings. The maximum absolute atomic E-state index is 13.8. The Morgan fingerprint density at radius 3 is 2.32 bits per heavy atom. The zero-order valence-electron chi connectivity index (χ0n) is 30.4. The number of carbonyl (C=O) groups excluding carboxylic acids is 4. The van der Waals surface area contributed by atoms with E-state index in [4.69, 9.17) is 4.74 Å². The standard InChI is InChI=1S/C37H55N5O7S/c1-8-23(4)32(41-34(45)30-16-12-13-17-42(30)7)35(46)39-28(22(2)3)20-31(49-25(6)43)36-40-29(21-50-36)33(44)38-27(18-24(5)37(47)48)19-26-14-10-9-11-15-26/h9-11,14-15,21-24,27-28,30-32H,8,12-13,16-20H2,1-7H3,(H,38,44)(H,39,46)(H,41,45)(H,47,48)/t23-,24-,27+,28+,30?,31+,32-/m0/s1. The van der Waals surface area contributed by atoms with E-state index in [1.807, 2.05) is 70.0 Å². The molecule has 0 aliphatic carbocycles. The summed E-state index contributed by atoms with van der Waals surface area (Å²) in [5, 5.41) is 20.6. The van der Waals surface area contributed by atoms with E-state index in [0.717, 1.165) is 31.4 Å². The van der Waals surface area contributed by atoms with Gasteiger partial charge >= 0.3 is 11.9 Å². The largest absolute Gasteiger partial charge is 0.481 e. The van der Waals surface area contributed by atoms with Crippen LogP contribution in [-0.2, 0) is 30.3 Å². The molecule has 50 heavy (non-hydrogen) atoms. The van der Waals surface area contributed by atoms with E-state index in [2.05, 4.69) is 20.9 Å². The predicted molar refractivity (Wildman–Crippen MR) is 192 cm³/mol. The van der Waals surface area contributed by atoms with E-state index in [9.17, 15) is 29.1 Å². The molecule has 3 amide bonds. The molecule has 3 rings (SSSR count). The lowest BCUT2D eigenvalue weighted by Crippen LogP contribution is -2.57. The van der Waals surface area contributed by atoms with Crippen LogP contribution in [0, 0.1) is 17.8 Å². The van der Waals surface area contributed by atoms with E-state index < -0.39 is 48.0 Å². The van der Waals surface area contributed by atoms with Crippen LogP contribution >= 0.6 is 11.3 Å². The summed E-state index contributed by atoms with van der Waals surface area (Å²) in [6, 6.07) is 7.61. The second kappa shape index (κ2) is 19.5. The Hall–Kier alpha value is -3.84. The highest BCUT2D eigenvalue weighted by Crippen LogP contribution is 2.29. The molecule has 0 saturated carbocycles. The third kappa shape index (κ3) is 12.2. The van der Waals surface area contributed by atoms with Gasteiger partial charge < -0.3 is 25.8 Å². The minimum atomic E-state index is -0.945. The maximum atomic E-state index is 13.8. The molecule has 1 saturated heterocycles. The number of likely N-dealkylation sites (tertiary alicyclic amines) is 1. The Morgan fingerprint density at radius 2 is 1.72 bits per heavy atom. The number of aliphatic carboxylic acids is 1. The average molecular weight is 714 g/mol. The predicted octanol–water partition coefficient (Wildman–Crippen LogP) is 4.75. The van der Waals surface area contributed by atoms with Gasteiger partial charge in [0.2, 0.25) is 11.8 Å². The van der Waals surface area contributed by atoms with Crippen molar-refractivity contribution < 1.29 is 33.8 Å². The van der Waals surface area contributed by atoms with Gasteiger partial charge in [0.25, 0.3) is 5.91 Å². The van der Waals surface area contributed by atoms with E-state index in [-0.39, 0.29) is 48.2 Å². The van der Waals surface area contributed by atoms with Crippen molar-refractivity contribution in [1.82, 2.24) is 25.8 Å². The molecular weight excluding hydrogens is 659 g/mol. The molecule has 1 fully saturated rings. The molecule has 4 N–H and O–H groups in total. The molecule has 1 aromatic carbocycles. The number of nitrogens with zero attached hydrogens (tertiary/aromatic N) is 2. The van der Waals surface area contributed by atoms with Gasteiger partial charge in [0.15, 0.2) is 6.10 Å². The number of rotatable bonds is 18. The molecule has 2 aromatic rings. The van der Waals surface area contributed by atoms with Gasteiger partial charge in [-0.1, -0.05) is 77.8 Å². The van der Waals surface area contributed by atoms with Gasteiger partial charge in [-0.2, -0.15) is 0 Å². The Balaban J connectivity index is 1.76. The van der Waals surface area contributed by atoms with Crippen LogP contribution < -0.4 is 16.0 Å². The number of carboxylic acid groups (broad SMARTS) is 1. The van der Waals surface area contributed by atoms with Crippen molar-refractivity contribution in [3.05, 3.63) is 52.0 Å². The second-order valence-electron chi connectivity index (χ2n) is 14.0. The molecule has 7 atom stereocenters. The molecule has 2 heterocycles. The Kier molecular flexibility index (Phi) is 15.8.